The Balaban J connectivity index is 2.03. The number of hydrogen-bond donors (Lipinski definition) is 2. The minimum Gasteiger partial charge on any atom is -0.464 e. The van der Waals surface area contributed by atoms with Crippen molar-refractivity contribution in [2.24, 2.45) is 7.05 Å². The molecule has 0 saturated heterocycles. The zero-order valence-corrected chi connectivity index (χ0v) is 11.3. The van der Waals surface area contributed by atoms with E-state index in [1.54, 1.807) is 12.3 Å². The van der Waals surface area contributed by atoms with E-state index in [-0.39, 0.29) is 18.1 Å². The van der Waals surface area contributed by atoms with Crippen LogP contribution >= 0.6 is 0 Å². The molecule has 21 heavy (non-hydrogen) atoms. The van der Waals surface area contributed by atoms with E-state index in [0.717, 1.165) is 10.7 Å². The Hall–Kier alpha value is -2.45. The second kappa shape index (κ2) is 5.51. The van der Waals surface area contributed by atoms with Gasteiger partial charge in [-0.3, -0.25) is 4.68 Å². The molecule has 0 bridgehead atoms. The highest BCUT2D eigenvalue weighted by atomic mass is 19.4. The average molecular weight is 302 g/mol. The lowest BCUT2D eigenvalue weighted by Crippen LogP contribution is -2.11. The zero-order valence-electron chi connectivity index (χ0n) is 11.3. The molecule has 0 aliphatic carbocycles. The number of rotatable bonds is 4. The second-order valence-electron chi connectivity index (χ2n) is 4.30. The van der Waals surface area contributed by atoms with Crippen molar-refractivity contribution in [3.05, 3.63) is 35.3 Å². The van der Waals surface area contributed by atoms with Gasteiger partial charge >= 0.3 is 12.1 Å². The Morgan fingerprint density at radius 3 is 2.76 bits per heavy atom. The molecule has 2 aromatic rings. The van der Waals surface area contributed by atoms with E-state index in [1.807, 2.05) is 0 Å². The van der Waals surface area contributed by atoms with E-state index in [4.69, 9.17) is 0 Å². The third-order valence-electron chi connectivity index (χ3n) is 2.79. The normalized spacial score (nSPS) is 11.5. The van der Waals surface area contributed by atoms with Crippen LogP contribution in [0.3, 0.4) is 0 Å². The van der Waals surface area contributed by atoms with Crippen LogP contribution in [-0.2, 0) is 24.5 Å². The first kappa shape index (κ1) is 14.9. The van der Waals surface area contributed by atoms with E-state index in [2.05, 4.69) is 20.1 Å². The fourth-order valence-corrected chi connectivity index (χ4v) is 1.78. The van der Waals surface area contributed by atoms with E-state index in [0.29, 0.717) is 5.56 Å². The summed E-state index contributed by atoms with van der Waals surface area (Å²) in [5.41, 5.74) is 0.121. The standard InChI is InChI=1S/C12H13F3N4O2/c1-19-9(12(13,14)15)4-10(18-19)17-6-7-3-8(16-5-7)11(20)21-2/h3-5,16H,6H2,1-2H3,(H,17,18). The maximum Gasteiger partial charge on any atom is 0.433 e. The molecule has 0 saturated carbocycles. The van der Waals surface area contributed by atoms with Crippen LogP contribution in [0.25, 0.3) is 0 Å². The highest BCUT2D eigenvalue weighted by molar-refractivity contribution is 5.87. The Labute approximate surface area is 117 Å². The third-order valence-corrected chi connectivity index (χ3v) is 2.79. The van der Waals surface area contributed by atoms with Crippen LogP contribution in [0.5, 0.6) is 0 Å². The topological polar surface area (TPSA) is 71.9 Å². The predicted octanol–water partition coefficient (Wildman–Crippen LogP) is 2.17. The number of methoxy groups -OCH3 is 1. The van der Waals surface area contributed by atoms with E-state index >= 15 is 0 Å². The number of anilines is 1. The van der Waals surface area contributed by atoms with Crippen LogP contribution in [-0.4, -0.2) is 27.8 Å². The molecule has 0 aliphatic rings. The maximum absolute atomic E-state index is 12.6. The number of ether oxygens (including phenoxy) is 1. The van der Waals surface area contributed by atoms with Crippen LogP contribution in [0.4, 0.5) is 19.0 Å². The number of aromatic amines is 1. The minimum atomic E-state index is -4.45. The number of nitrogens with one attached hydrogen (secondary N) is 2. The summed E-state index contributed by atoms with van der Waals surface area (Å²) < 4.78 is 43.1. The highest BCUT2D eigenvalue weighted by Crippen LogP contribution is 2.30. The summed E-state index contributed by atoms with van der Waals surface area (Å²) in [6, 6.07) is 2.47. The molecule has 0 spiro atoms. The number of nitrogens with zero attached hydrogens (tertiary/aromatic N) is 2. The van der Waals surface area contributed by atoms with Crippen molar-refractivity contribution in [2.45, 2.75) is 12.7 Å². The number of halogens is 3. The molecular formula is C12H13F3N4O2. The summed E-state index contributed by atoms with van der Waals surface area (Å²) >= 11 is 0. The van der Waals surface area contributed by atoms with Crippen LogP contribution < -0.4 is 5.32 Å². The summed E-state index contributed by atoms with van der Waals surface area (Å²) in [6.45, 7) is 0.224. The largest absolute Gasteiger partial charge is 0.464 e. The molecule has 0 radical (unpaired) electrons. The smallest absolute Gasteiger partial charge is 0.433 e. The van der Waals surface area contributed by atoms with Gasteiger partial charge in [-0.25, -0.2) is 4.79 Å². The Bertz CT molecular complexity index is 645. The molecule has 2 heterocycles. The Kier molecular flexibility index (Phi) is 3.92. The molecule has 2 aromatic heterocycles. The number of carbonyl (C=O) groups is 1. The lowest BCUT2D eigenvalue weighted by atomic mass is 10.3. The van der Waals surface area contributed by atoms with Crippen molar-refractivity contribution < 1.29 is 22.7 Å². The summed E-state index contributed by atoms with van der Waals surface area (Å²) in [5.74, 6) is -0.413. The summed E-state index contributed by atoms with van der Waals surface area (Å²) in [4.78, 5) is 14.0. The molecule has 0 aliphatic heterocycles. The molecule has 2 N–H and O–H groups in total. The Morgan fingerprint density at radius 2 is 2.19 bits per heavy atom. The zero-order chi connectivity index (χ0) is 15.6. The number of aromatic nitrogens is 3. The van der Waals surface area contributed by atoms with Crippen LogP contribution in [0.1, 0.15) is 21.7 Å². The monoisotopic (exact) mass is 302 g/mol. The average Bonchev–Trinajstić information content (AvgIpc) is 3.01. The summed E-state index contributed by atoms with van der Waals surface area (Å²) in [7, 11) is 2.48. The second-order valence-corrected chi connectivity index (χ2v) is 4.30. The van der Waals surface area contributed by atoms with Crippen molar-refractivity contribution in [1.82, 2.24) is 14.8 Å². The van der Waals surface area contributed by atoms with Crippen molar-refractivity contribution in [3.63, 3.8) is 0 Å². The van der Waals surface area contributed by atoms with Crippen molar-refractivity contribution >= 4 is 11.8 Å². The number of hydrogen-bond acceptors (Lipinski definition) is 4. The van der Waals surface area contributed by atoms with Gasteiger partial charge in [0.05, 0.1) is 7.11 Å². The molecule has 9 heteroatoms. The summed E-state index contributed by atoms with van der Waals surface area (Å²) in [6.07, 6.45) is -2.89. The van der Waals surface area contributed by atoms with Gasteiger partial charge in [0.2, 0.25) is 0 Å². The van der Waals surface area contributed by atoms with Gasteiger partial charge < -0.3 is 15.0 Å². The number of aryl methyl sites for hydroxylation is 1. The number of carbonyl (C=O) groups excluding carboxylic acids is 1. The van der Waals surface area contributed by atoms with E-state index < -0.39 is 17.8 Å². The van der Waals surface area contributed by atoms with Crippen LogP contribution in [0.2, 0.25) is 0 Å². The molecule has 0 atom stereocenters. The minimum absolute atomic E-state index is 0.102. The van der Waals surface area contributed by atoms with Gasteiger partial charge in [0, 0.05) is 25.9 Å². The van der Waals surface area contributed by atoms with Crippen molar-refractivity contribution in [3.8, 4) is 0 Å². The quantitative estimate of drug-likeness (QED) is 0.849. The molecule has 0 amide bonds. The van der Waals surface area contributed by atoms with E-state index in [1.165, 1.54) is 14.2 Å². The fourth-order valence-electron chi connectivity index (χ4n) is 1.78. The van der Waals surface area contributed by atoms with Gasteiger partial charge in [-0.2, -0.15) is 18.3 Å². The number of esters is 1. The van der Waals surface area contributed by atoms with Gasteiger partial charge in [-0.15, -0.1) is 0 Å². The number of H-pyrrole nitrogens is 1. The molecule has 0 fully saturated rings. The van der Waals surface area contributed by atoms with Crippen molar-refractivity contribution in [2.75, 3.05) is 12.4 Å². The maximum atomic E-state index is 12.6. The summed E-state index contributed by atoms with van der Waals surface area (Å²) in [5, 5.41) is 6.49. The Morgan fingerprint density at radius 1 is 1.48 bits per heavy atom. The first-order valence-corrected chi connectivity index (χ1v) is 5.92. The SMILES string of the molecule is COC(=O)c1cc(CNc2cc(C(F)(F)F)n(C)n2)c[nH]1. The first-order chi connectivity index (χ1) is 9.81. The molecule has 0 aromatic carbocycles. The first-order valence-electron chi connectivity index (χ1n) is 5.92. The molecule has 6 nitrogen and oxygen atoms in total. The van der Waals surface area contributed by atoms with Crippen molar-refractivity contribution in [1.29, 1.82) is 0 Å². The van der Waals surface area contributed by atoms with Gasteiger partial charge in [0.25, 0.3) is 0 Å². The molecule has 2 rings (SSSR count). The molecule has 114 valence electrons. The van der Waals surface area contributed by atoms with Gasteiger partial charge in [-0.1, -0.05) is 0 Å². The van der Waals surface area contributed by atoms with Crippen LogP contribution in [0.15, 0.2) is 18.3 Å². The van der Waals surface area contributed by atoms with Gasteiger partial charge in [-0.05, 0) is 11.6 Å². The predicted molar refractivity (Wildman–Crippen MR) is 67.7 cm³/mol. The fraction of sp³-hybridized carbons (Fsp3) is 0.333. The highest BCUT2D eigenvalue weighted by Gasteiger charge is 2.34. The molecular weight excluding hydrogens is 289 g/mol. The lowest BCUT2D eigenvalue weighted by Gasteiger charge is -2.04. The molecule has 0 unspecified atom stereocenters. The van der Waals surface area contributed by atoms with E-state index in [9.17, 15) is 18.0 Å². The van der Waals surface area contributed by atoms with Gasteiger partial charge in [0.1, 0.15) is 17.2 Å². The third kappa shape index (κ3) is 3.36. The number of alkyl halides is 3. The van der Waals surface area contributed by atoms with Gasteiger partial charge in [0.15, 0.2) is 0 Å². The van der Waals surface area contributed by atoms with Crippen LogP contribution in [0, 0.1) is 0 Å². The lowest BCUT2D eigenvalue weighted by molar-refractivity contribution is -0.143.